The molecule has 0 bridgehead atoms. The molecule has 0 saturated heterocycles. The summed E-state index contributed by atoms with van der Waals surface area (Å²) in [5, 5.41) is 0. The van der Waals surface area contributed by atoms with Gasteiger partial charge in [0.25, 0.3) is 0 Å². The van der Waals surface area contributed by atoms with Gasteiger partial charge in [-0.15, -0.1) is 0 Å². The third-order valence-electron chi connectivity index (χ3n) is 2.26. The molecule has 0 aliphatic heterocycles. The molecule has 0 N–H and O–H groups in total. The van der Waals surface area contributed by atoms with E-state index in [9.17, 15) is 13.2 Å². The Bertz CT molecular complexity index is 250. The van der Waals surface area contributed by atoms with Crippen LogP contribution in [0.3, 0.4) is 0 Å². The lowest BCUT2D eigenvalue weighted by Crippen LogP contribution is -2.42. The van der Waals surface area contributed by atoms with E-state index in [2.05, 4.69) is 32.7 Å². The zero-order chi connectivity index (χ0) is 15.2. The minimum absolute atomic E-state index is 0.0658. The van der Waals surface area contributed by atoms with Gasteiger partial charge in [0.15, 0.2) is 16.6 Å². The van der Waals surface area contributed by atoms with Crippen molar-refractivity contribution in [2.75, 3.05) is 13.2 Å². The van der Waals surface area contributed by atoms with E-state index in [1.165, 1.54) is 0 Å². The number of hydrogen-bond donors (Lipinski definition) is 0. The normalized spacial score (nSPS) is 13.9. The van der Waals surface area contributed by atoms with E-state index >= 15 is 0 Å². The molecular formula is C12H26F3O2Si2. The summed E-state index contributed by atoms with van der Waals surface area (Å²) in [6.07, 6.45) is -3.03. The monoisotopic (exact) mass is 315 g/mol. The maximum absolute atomic E-state index is 11.9. The molecule has 115 valence electrons. The maximum atomic E-state index is 11.9. The Labute approximate surface area is 116 Å². The lowest BCUT2D eigenvalue weighted by Gasteiger charge is -2.31. The average Bonchev–Trinajstić information content (AvgIpc) is 2.10. The summed E-state index contributed by atoms with van der Waals surface area (Å²) in [5.74, 6) is 0. The van der Waals surface area contributed by atoms with Crippen LogP contribution in [0.1, 0.15) is 12.8 Å². The molecule has 1 radical (unpaired) electrons. The third kappa shape index (κ3) is 14.4. The molecule has 0 rings (SSSR count). The van der Waals surface area contributed by atoms with E-state index in [0.717, 1.165) is 18.9 Å². The summed E-state index contributed by atoms with van der Waals surface area (Å²) >= 11 is 0. The summed E-state index contributed by atoms with van der Waals surface area (Å²) in [6.45, 7) is 11.4. The molecule has 0 saturated carbocycles. The van der Waals surface area contributed by atoms with E-state index < -0.39 is 29.2 Å². The fourth-order valence-corrected chi connectivity index (χ4v) is 9.90. The molecule has 0 unspecified atom stereocenters. The second-order valence-corrected chi connectivity index (χ2v) is 15.3. The zero-order valence-corrected chi connectivity index (χ0v) is 14.6. The van der Waals surface area contributed by atoms with Crippen LogP contribution in [-0.4, -0.2) is 36.0 Å². The Kier molecular flexibility index (Phi) is 7.86. The smallest absolute Gasteiger partial charge is 0.389 e. The highest BCUT2D eigenvalue weighted by Crippen LogP contribution is 2.21. The first kappa shape index (κ1) is 19.1. The van der Waals surface area contributed by atoms with Gasteiger partial charge in [0.2, 0.25) is 0 Å². The van der Waals surface area contributed by atoms with Crippen LogP contribution < -0.4 is 0 Å². The molecule has 0 amide bonds. The van der Waals surface area contributed by atoms with Gasteiger partial charge in [-0.1, -0.05) is 0 Å². The van der Waals surface area contributed by atoms with Crippen LogP contribution in [0.2, 0.25) is 38.8 Å². The van der Waals surface area contributed by atoms with Crippen molar-refractivity contribution >= 4 is 16.6 Å². The van der Waals surface area contributed by atoms with Crippen molar-refractivity contribution in [3.8, 4) is 0 Å². The summed E-state index contributed by atoms with van der Waals surface area (Å²) in [5.41, 5.74) is 0. The minimum atomic E-state index is -4.12. The summed E-state index contributed by atoms with van der Waals surface area (Å²) in [7, 11) is -3.15. The van der Waals surface area contributed by atoms with Crippen LogP contribution in [0.4, 0.5) is 13.2 Å². The first-order chi connectivity index (χ1) is 8.41. The predicted molar refractivity (Wildman–Crippen MR) is 77.1 cm³/mol. The molecule has 0 aromatic rings. The van der Waals surface area contributed by atoms with E-state index in [1.54, 1.807) is 0 Å². The molecule has 0 aliphatic rings. The molecule has 19 heavy (non-hydrogen) atoms. The van der Waals surface area contributed by atoms with Crippen molar-refractivity contribution in [1.29, 1.82) is 0 Å². The topological polar surface area (TPSA) is 18.5 Å². The van der Waals surface area contributed by atoms with Gasteiger partial charge in [-0.2, -0.15) is 13.2 Å². The van der Waals surface area contributed by atoms with Crippen molar-refractivity contribution < 1.29 is 22.0 Å². The Morgan fingerprint density at radius 3 is 2.11 bits per heavy atom. The number of halogens is 3. The Morgan fingerprint density at radius 1 is 1.05 bits per heavy atom. The van der Waals surface area contributed by atoms with Crippen molar-refractivity contribution in [3.05, 3.63) is 6.42 Å². The Hall–Kier alpha value is 0.144. The minimum Gasteiger partial charge on any atom is -0.456 e. The Balaban J connectivity index is 3.59. The predicted octanol–water partition coefficient (Wildman–Crippen LogP) is 4.61. The maximum Gasteiger partial charge on any atom is 0.389 e. The molecule has 0 heterocycles. The van der Waals surface area contributed by atoms with Gasteiger partial charge >= 0.3 is 6.18 Å². The SMILES string of the molecule is C[Si](C)(C)O[Si](C)(C)CCCOC[CH]CC(F)(F)F. The fraction of sp³-hybridized carbons (Fsp3) is 0.917. The molecule has 0 aromatic carbocycles. The van der Waals surface area contributed by atoms with Crippen LogP contribution in [0, 0.1) is 6.42 Å². The highest BCUT2D eigenvalue weighted by Gasteiger charge is 2.29. The summed E-state index contributed by atoms with van der Waals surface area (Å²) in [4.78, 5) is 0. The molecule has 2 nitrogen and oxygen atoms in total. The second-order valence-electron chi connectivity index (χ2n) is 6.26. The van der Waals surface area contributed by atoms with Gasteiger partial charge in [0, 0.05) is 13.0 Å². The largest absolute Gasteiger partial charge is 0.456 e. The van der Waals surface area contributed by atoms with Gasteiger partial charge in [-0.25, -0.2) is 0 Å². The zero-order valence-electron chi connectivity index (χ0n) is 12.6. The van der Waals surface area contributed by atoms with Crippen molar-refractivity contribution in [3.63, 3.8) is 0 Å². The number of rotatable bonds is 9. The number of hydrogen-bond acceptors (Lipinski definition) is 2. The molecule has 0 fully saturated rings. The van der Waals surface area contributed by atoms with Crippen LogP contribution in [0.25, 0.3) is 0 Å². The van der Waals surface area contributed by atoms with E-state index in [-0.39, 0.29) is 6.61 Å². The second kappa shape index (κ2) is 7.80. The van der Waals surface area contributed by atoms with E-state index in [1.807, 2.05) is 0 Å². The van der Waals surface area contributed by atoms with Crippen LogP contribution in [-0.2, 0) is 8.85 Å². The molecule has 0 aliphatic carbocycles. The van der Waals surface area contributed by atoms with Crippen molar-refractivity contribution in [2.45, 2.75) is 57.8 Å². The van der Waals surface area contributed by atoms with Crippen LogP contribution >= 0.6 is 0 Å². The fourth-order valence-electron chi connectivity index (χ4n) is 1.87. The first-order valence-corrected chi connectivity index (χ1v) is 13.1. The number of ether oxygens (including phenoxy) is 1. The van der Waals surface area contributed by atoms with Gasteiger partial charge < -0.3 is 8.85 Å². The summed E-state index contributed by atoms with van der Waals surface area (Å²) < 4.78 is 46.9. The van der Waals surface area contributed by atoms with Crippen LogP contribution in [0.5, 0.6) is 0 Å². The lowest BCUT2D eigenvalue weighted by molar-refractivity contribution is -0.129. The summed E-state index contributed by atoms with van der Waals surface area (Å²) in [6, 6.07) is 0.983. The number of alkyl halides is 3. The van der Waals surface area contributed by atoms with E-state index in [4.69, 9.17) is 8.85 Å². The average molecular weight is 316 g/mol. The standard InChI is InChI=1S/C12H26F3O2Si2/c1-18(2,3)17-19(4,5)11-7-10-16-9-6-8-12(13,14)15/h6H,7-11H2,1-5H3. The highest BCUT2D eigenvalue weighted by atomic mass is 28.4. The van der Waals surface area contributed by atoms with Gasteiger partial charge in [0.05, 0.1) is 6.61 Å². The molecular weight excluding hydrogens is 289 g/mol. The van der Waals surface area contributed by atoms with Gasteiger partial charge in [-0.05, 0) is 51.6 Å². The Morgan fingerprint density at radius 2 is 1.63 bits per heavy atom. The lowest BCUT2D eigenvalue weighted by atomic mass is 10.3. The van der Waals surface area contributed by atoms with Gasteiger partial charge in [0.1, 0.15) is 0 Å². The third-order valence-corrected chi connectivity index (χ3v) is 8.48. The molecule has 0 atom stereocenters. The first-order valence-electron chi connectivity index (χ1n) is 6.58. The molecule has 0 aromatic heterocycles. The van der Waals surface area contributed by atoms with Crippen molar-refractivity contribution in [1.82, 2.24) is 0 Å². The quantitative estimate of drug-likeness (QED) is 0.457. The van der Waals surface area contributed by atoms with E-state index in [0.29, 0.717) is 6.61 Å². The highest BCUT2D eigenvalue weighted by molar-refractivity contribution is 6.84. The molecule has 0 spiro atoms. The van der Waals surface area contributed by atoms with Crippen molar-refractivity contribution in [2.24, 2.45) is 0 Å². The van der Waals surface area contributed by atoms with Crippen LogP contribution in [0.15, 0.2) is 0 Å². The van der Waals surface area contributed by atoms with Gasteiger partial charge in [-0.3, -0.25) is 0 Å². The molecule has 7 heteroatoms.